The van der Waals surface area contributed by atoms with E-state index in [9.17, 15) is 9.90 Å². The molecule has 0 radical (unpaired) electrons. The van der Waals surface area contributed by atoms with Gasteiger partial charge < -0.3 is 14.6 Å². The normalized spacial score (nSPS) is 12.7. The number of ether oxygens (including phenoxy) is 2. The number of carbonyl (C=O) groups excluding carboxylic acids is 1. The molecule has 0 rings (SSSR count). The zero-order chi connectivity index (χ0) is 30.6. The van der Waals surface area contributed by atoms with E-state index in [1.54, 1.807) is 0 Å². The Morgan fingerprint density at radius 3 is 1.50 bits per heavy atom. The molecule has 4 heteroatoms. The van der Waals surface area contributed by atoms with E-state index in [1.165, 1.54) is 122 Å². The minimum absolute atomic E-state index is 0.175. The first-order valence-corrected chi connectivity index (χ1v) is 18.1. The molecule has 0 aliphatic carbocycles. The summed E-state index contributed by atoms with van der Waals surface area (Å²) >= 11 is 0. The highest BCUT2D eigenvalue weighted by Gasteiger charge is 2.13. The van der Waals surface area contributed by atoms with Crippen LogP contribution in [-0.4, -0.2) is 37.0 Å². The summed E-state index contributed by atoms with van der Waals surface area (Å²) in [7, 11) is 0. The summed E-state index contributed by atoms with van der Waals surface area (Å²) in [6.07, 6.45) is 43.3. The van der Waals surface area contributed by atoms with Crippen LogP contribution in [0.15, 0.2) is 36.5 Å². The van der Waals surface area contributed by atoms with Crippen LogP contribution in [0.4, 0.5) is 0 Å². The standard InChI is InChI=1S/C38H70O4/c1-3-5-7-9-11-13-14-15-16-17-18-19-20-21-22-23-24-25-26-28-30-32-34-41-36-37(35-39)42-38(40)33-31-29-27-12-10-8-6-4-2/h14-15,17-18,20-21,37,39H,3-13,16,19,22-36H2,1-2H3/b15-14-,18-17-,21-20-. The van der Waals surface area contributed by atoms with Crippen molar-refractivity contribution in [1.29, 1.82) is 0 Å². The minimum atomic E-state index is -0.534. The first-order valence-electron chi connectivity index (χ1n) is 18.1. The van der Waals surface area contributed by atoms with Crippen LogP contribution in [0, 0.1) is 0 Å². The number of hydrogen-bond donors (Lipinski definition) is 1. The molecule has 0 aromatic heterocycles. The minimum Gasteiger partial charge on any atom is -0.457 e. The van der Waals surface area contributed by atoms with Gasteiger partial charge in [0.2, 0.25) is 0 Å². The van der Waals surface area contributed by atoms with Crippen molar-refractivity contribution in [2.75, 3.05) is 19.8 Å². The Hall–Kier alpha value is -1.39. The van der Waals surface area contributed by atoms with E-state index in [-0.39, 0.29) is 12.6 Å². The van der Waals surface area contributed by atoms with E-state index >= 15 is 0 Å². The average Bonchev–Trinajstić information content (AvgIpc) is 3.00. The summed E-state index contributed by atoms with van der Waals surface area (Å²) in [5.74, 6) is -0.210. The molecule has 246 valence electrons. The maximum atomic E-state index is 12.0. The number of unbranched alkanes of at least 4 members (excludes halogenated alkanes) is 19. The number of esters is 1. The summed E-state index contributed by atoms with van der Waals surface area (Å²) < 4.78 is 11.1. The summed E-state index contributed by atoms with van der Waals surface area (Å²) in [5, 5.41) is 9.50. The molecule has 0 aliphatic rings. The van der Waals surface area contributed by atoms with Gasteiger partial charge >= 0.3 is 5.97 Å². The summed E-state index contributed by atoms with van der Waals surface area (Å²) in [6, 6.07) is 0. The quantitative estimate of drug-likeness (QED) is 0.0469. The van der Waals surface area contributed by atoms with Gasteiger partial charge in [0.1, 0.15) is 6.10 Å². The number of rotatable bonds is 33. The Balaban J connectivity index is 3.45. The smallest absolute Gasteiger partial charge is 0.306 e. The largest absolute Gasteiger partial charge is 0.457 e. The predicted octanol–water partition coefficient (Wildman–Crippen LogP) is 11.4. The molecule has 0 bridgehead atoms. The molecular formula is C38H70O4. The molecule has 0 fully saturated rings. The summed E-state index contributed by atoms with van der Waals surface area (Å²) in [5.41, 5.74) is 0. The lowest BCUT2D eigenvalue weighted by Crippen LogP contribution is -2.27. The van der Waals surface area contributed by atoms with E-state index in [4.69, 9.17) is 9.47 Å². The average molecular weight is 591 g/mol. The lowest BCUT2D eigenvalue weighted by atomic mass is 10.1. The zero-order valence-electron chi connectivity index (χ0n) is 28.0. The lowest BCUT2D eigenvalue weighted by molar-refractivity contribution is -0.154. The number of carbonyl (C=O) groups is 1. The van der Waals surface area contributed by atoms with Crippen molar-refractivity contribution in [1.82, 2.24) is 0 Å². The van der Waals surface area contributed by atoms with Crippen LogP contribution in [0.1, 0.15) is 174 Å². The predicted molar refractivity (Wildman–Crippen MR) is 182 cm³/mol. The molecule has 0 aromatic carbocycles. The van der Waals surface area contributed by atoms with Gasteiger partial charge in [0.05, 0.1) is 13.2 Å². The van der Waals surface area contributed by atoms with Gasteiger partial charge in [-0.2, -0.15) is 0 Å². The van der Waals surface area contributed by atoms with E-state index < -0.39 is 6.10 Å². The number of allylic oxidation sites excluding steroid dienone is 6. The highest BCUT2D eigenvalue weighted by atomic mass is 16.6. The molecule has 0 spiro atoms. The zero-order valence-corrected chi connectivity index (χ0v) is 28.0. The SMILES string of the molecule is CCCCCCC/C=C\C/C=C\C/C=C\CCCCCCCCCOCC(CO)OC(=O)CCCCCCCCCC. The molecule has 4 nitrogen and oxygen atoms in total. The highest BCUT2D eigenvalue weighted by Crippen LogP contribution is 2.12. The fourth-order valence-corrected chi connectivity index (χ4v) is 4.98. The van der Waals surface area contributed by atoms with E-state index in [0.29, 0.717) is 19.6 Å². The summed E-state index contributed by atoms with van der Waals surface area (Å²) in [4.78, 5) is 12.0. The van der Waals surface area contributed by atoms with Gasteiger partial charge in [-0.05, 0) is 51.4 Å². The second-order valence-electron chi connectivity index (χ2n) is 11.9. The van der Waals surface area contributed by atoms with Crippen molar-refractivity contribution in [3.8, 4) is 0 Å². The second-order valence-corrected chi connectivity index (χ2v) is 11.9. The Morgan fingerprint density at radius 2 is 1.00 bits per heavy atom. The first-order chi connectivity index (χ1) is 20.7. The molecule has 42 heavy (non-hydrogen) atoms. The number of aliphatic hydroxyl groups is 1. The topological polar surface area (TPSA) is 55.8 Å². The maximum absolute atomic E-state index is 12.0. The first kappa shape index (κ1) is 40.6. The number of aliphatic hydroxyl groups excluding tert-OH is 1. The monoisotopic (exact) mass is 591 g/mol. The van der Waals surface area contributed by atoms with Crippen LogP contribution >= 0.6 is 0 Å². The Bertz CT molecular complexity index is 625. The third kappa shape index (κ3) is 33.1. The molecule has 1 atom stereocenters. The van der Waals surface area contributed by atoms with Crippen molar-refractivity contribution in [2.45, 2.75) is 180 Å². The van der Waals surface area contributed by atoms with Crippen molar-refractivity contribution >= 4 is 5.97 Å². The second kappa shape index (κ2) is 35.8. The summed E-state index contributed by atoms with van der Waals surface area (Å²) in [6.45, 7) is 5.28. The third-order valence-electron chi connectivity index (χ3n) is 7.72. The van der Waals surface area contributed by atoms with Gasteiger partial charge in [0.25, 0.3) is 0 Å². The maximum Gasteiger partial charge on any atom is 0.306 e. The van der Waals surface area contributed by atoms with Gasteiger partial charge in [0.15, 0.2) is 0 Å². The molecule has 1 N–H and O–H groups in total. The molecule has 0 saturated carbocycles. The van der Waals surface area contributed by atoms with Crippen molar-refractivity contribution in [3.63, 3.8) is 0 Å². The van der Waals surface area contributed by atoms with Crippen molar-refractivity contribution < 1.29 is 19.4 Å². The molecule has 0 amide bonds. The fourth-order valence-electron chi connectivity index (χ4n) is 4.98. The van der Waals surface area contributed by atoms with E-state index in [0.717, 1.165) is 32.1 Å². The van der Waals surface area contributed by atoms with Crippen LogP contribution in [0.2, 0.25) is 0 Å². The molecule has 0 aromatic rings. The fraction of sp³-hybridized carbons (Fsp3) is 0.816. The van der Waals surface area contributed by atoms with Crippen molar-refractivity contribution in [2.24, 2.45) is 0 Å². The Labute approximate surface area is 261 Å². The van der Waals surface area contributed by atoms with Gasteiger partial charge in [0, 0.05) is 13.0 Å². The van der Waals surface area contributed by atoms with Crippen LogP contribution < -0.4 is 0 Å². The van der Waals surface area contributed by atoms with Gasteiger partial charge in [-0.3, -0.25) is 4.79 Å². The van der Waals surface area contributed by atoms with Crippen LogP contribution in [0.25, 0.3) is 0 Å². The molecular weight excluding hydrogens is 520 g/mol. The highest BCUT2D eigenvalue weighted by molar-refractivity contribution is 5.69. The molecule has 0 heterocycles. The van der Waals surface area contributed by atoms with Crippen LogP contribution in [0.3, 0.4) is 0 Å². The Morgan fingerprint density at radius 1 is 0.571 bits per heavy atom. The van der Waals surface area contributed by atoms with E-state index in [1.807, 2.05) is 0 Å². The lowest BCUT2D eigenvalue weighted by Gasteiger charge is -2.15. The van der Waals surface area contributed by atoms with Gasteiger partial charge in [-0.1, -0.05) is 153 Å². The third-order valence-corrected chi connectivity index (χ3v) is 7.72. The van der Waals surface area contributed by atoms with Crippen molar-refractivity contribution in [3.05, 3.63) is 36.5 Å². The molecule has 0 saturated heterocycles. The van der Waals surface area contributed by atoms with Gasteiger partial charge in [-0.15, -0.1) is 0 Å². The Kier molecular flexibility index (Phi) is 34.6. The molecule has 1 unspecified atom stereocenters. The number of hydrogen-bond acceptors (Lipinski definition) is 4. The molecule has 0 aliphatic heterocycles. The van der Waals surface area contributed by atoms with Crippen LogP contribution in [0.5, 0.6) is 0 Å². The van der Waals surface area contributed by atoms with E-state index in [2.05, 4.69) is 50.3 Å². The van der Waals surface area contributed by atoms with Gasteiger partial charge in [-0.25, -0.2) is 0 Å². The van der Waals surface area contributed by atoms with Crippen LogP contribution in [-0.2, 0) is 14.3 Å².